The standard InChI is InChI=1S/C23H19ClN2O/c1-15-4-3-5-22(25-15)18-7-9-20-14-26(16(2)27)23-11-10-21(24)13-19(23)8-6-17(20)12-18/h3-13H,14H2,1-2H3. The average molecular weight is 375 g/mol. The lowest BCUT2D eigenvalue weighted by Crippen LogP contribution is -2.29. The number of amides is 1. The maximum absolute atomic E-state index is 12.3. The lowest BCUT2D eigenvalue weighted by atomic mass is 9.97. The van der Waals surface area contributed by atoms with Crippen molar-refractivity contribution in [3.8, 4) is 11.3 Å². The number of rotatable bonds is 1. The number of anilines is 1. The topological polar surface area (TPSA) is 33.2 Å². The average Bonchev–Trinajstić information content (AvgIpc) is 2.63. The van der Waals surface area contributed by atoms with Crippen LogP contribution in [0, 0.1) is 6.92 Å². The van der Waals surface area contributed by atoms with Crippen LogP contribution in [0.25, 0.3) is 23.4 Å². The highest BCUT2D eigenvalue weighted by molar-refractivity contribution is 6.30. The van der Waals surface area contributed by atoms with E-state index in [1.54, 1.807) is 11.8 Å². The molecule has 27 heavy (non-hydrogen) atoms. The van der Waals surface area contributed by atoms with E-state index in [2.05, 4.69) is 29.3 Å². The van der Waals surface area contributed by atoms with Crippen LogP contribution in [0.2, 0.25) is 5.02 Å². The molecule has 0 saturated heterocycles. The minimum Gasteiger partial charge on any atom is -0.308 e. The molecule has 3 nitrogen and oxygen atoms in total. The van der Waals surface area contributed by atoms with Crippen molar-refractivity contribution in [3.63, 3.8) is 0 Å². The predicted octanol–water partition coefficient (Wildman–Crippen LogP) is 5.75. The Labute approximate surface area is 163 Å². The Morgan fingerprint density at radius 2 is 1.85 bits per heavy atom. The third-order valence-electron chi connectivity index (χ3n) is 4.76. The first-order valence-electron chi connectivity index (χ1n) is 8.84. The second-order valence-electron chi connectivity index (χ2n) is 6.72. The molecule has 2 heterocycles. The summed E-state index contributed by atoms with van der Waals surface area (Å²) in [6.07, 6.45) is 4.10. The van der Waals surface area contributed by atoms with Gasteiger partial charge in [0.15, 0.2) is 0 Å². The first-order valence-corrected chi connectivity index (χ1v) is 9.22. The molecule has 0 N–H and O–H groups in total. The number of halogens is 1. The molecule has 134 valence electrons. The highest BCUT2D eigenvalue weighted by atomic mass is 35.5. The van der Waals surface area contributed by atoms with Crippen molar-refractivity contribution in [3.05, 3.63) is 82.0 Å². The van der Waals surface area contributed by atoms with Crippen LogP contribution >= 0.6 is 11.6 Å². The SMILES string of the molecule is CC(=O)N1Cc2ccc(-c3cccc(C)n3)cc2C=Cc2cc(Cl)ccc21. The van der Waals surface area contributed by atoms with Gasteiger partial charge in [0.25, 0.3) is 0 Å². The summed E-state index contributed by atoms with van der Waals surface area (Å²) in [5, 5.41) is 0.653. The van der Waals surface area contributed by atoms with Crippen molar-refractivity contribution in [2.45, 2.75) is 20.4 Å². The Morgan fingerprint density at radius 1 is 1.04 bits per heavy atom. The summed E-state index contributed by atoms with van der Waals surface area (Å²) in [6.45, 7) is 4.10. The van der Waals surface area contributed by atoms with Crippen molar-refractivity contribution in [2.75, 3.05) is 4.90 Å². The number of fused-ring (bicyclic) bond motifs is 2. The van der Waals surface area contributed by atoms with Gasteiger partial charge in [0.05, 0.1) is 17.9 Å². The summed E-state index contributed by atoms with van der Waals surface area (Å²) in [6, 6.07) is 17.9. The zero-order chi connectivity index (χ0) is 19.0. The maximum Gasteiger partial charge on any atom is 0.224 e. The number of hydrogen-bond acceptors (Lipinski definition) is 2. The summed E-state index contributed by atoms with van der Waals surface area (Å²) in [4.78, 5) is 18.7. The molecule has 4 heteroatoms. The predicted molar refractivity (Wildman–Crippen MR) is 112 cm³/mol. The van der Waals surface area contributed by atoms with Crippen molar-refractivity contribution in [1.29, 1.82) is 0 Å². The van der Waals surface area contributed by atoms with Crippen molar-refractivity contribution >= 4 is 35.3 Å². The maximum atomic E-state index is 12.3. The summed E-state index contributed by atoms with van der Waals surface area (Å²) in [5.41, 5.74) is 6.97. The van der Waals surface area contributed by atoms with E-state index in [1.807, 2.05) is 49.4 Å². The van der Waals surface area contributed by atoms with Crippen LogP contribution in [0.15, 0.2) is 54.6 Å². The smallest absolute Gasteiger partial charge is 0.224 e. The van der Waals surface area contributed by atoms with Crippen molar-refractivity contribution in [2.24, 2.45) is 0 Å². The van der Waals surface area contributed by atoms with Gasteiger partial charge in [-0.25, -0.2) is 0 Å². The van der Waals surface area contributed by atoms with E-state index in [9.17, 15) is 4.79 Å². The minimum atomic E-state index is 0.00394. The van der Waals surface area contributed by atoms with E-state index in [0.29, 0.717) is 11.6 Å². The van der Waals surface area contributed by atoms with Gasteiger partial charge >= 0.3 is 0 Å². The fourth-order valence-electron chi connectivity index (χ4n) is 3.38. The van der Waals surface area contributed by atoms with Crippen LogP contribution in [0.3, 0.4) is 0 Å². The van der Waals surface area contributed by atoms with Gasteiger partial charge in [-0.2, -0.15) is 0 Å². The van der Waals surface area contributed by atoms with Crippen LogP contribution in [-0.2, 0) is 11.3 Å². The van der Waals surface area contributed by atoms with E-state index < -0.39 is 0 Å². The largest absolute Gasteiger partial charge is 0.308 e. The molecular formula is C23H19ClN2O. The Morgan fingerprint density at radius 3 is 2.63 bits per heavy atom. The lowest BCUT2D eigenvalue weighted by molar-refractivity contribution is -0.116. The molecule has 0 saturated carbocycles. The zero-order valence-electron chi connectivity index (χ0n) is 15.2. The number of hydrogen-bond donors (Lipinski definition) is 0. The van der Waals surface area contributed by atoms with Crippen LogP contribution in [0.4, 0.5) is 5.69 Å². The van der Waals surface area contributed by atoms with Crippen molar-refractivity contribution in [1.82, 2.24) is 4.98 Å². The molecule has 0 bridgehead atoms. The third-order valence-corrected chi connectivity index (χ3v) is 5.00. The molecule has 4 rings (SSSR count). The molecular weight excluding hydrogens is 356 g/mol. The van der Waals surface area contributed by atoms with Gasteiger partial charge in [0.2, 0.25) is 5.91 Å². The normalized spacial score (nSPS) is 12.8. The molecule has 0 unspecified atom stereocenters. The molecule has 0 atom stereocenters. The molecule has 0 radical (unpaired) electrons. The highest BCUT2D eigenvalue weighted by Gasteiger charge is 2.19. The molecule has 0 spiro atoms. The number of carbonyl (C=O) groups is 1. The number of pyridine rings is 1. The number of nitrogens with zero attached hydrogens (tertiary/aromatic N) is 2. The van der Waals surface area contributed by atoms with Crippen LogP contribution in [0.5, 0.6) is 0 Å². The van der Waals surface area contributed by atoms with Crippen LogP contribution in [0.1, 0.15) is 29.3 Å². The summed E-state index contributed by atoms with van der Waals surface area (Å²) >= 11 is 6.17. The third kappa shape index (κ3) is 3.51. The van der Waals surface area contributed by atoms with Gasteiger partial charge in [0.1, 0.15) is 0 Å². The number of aryl methyl sites for hydroxylation is 1. The van der Waals surface area contributed by atoms with Gasteiger partial charge in [-0.05, 0) is 60.0 Å². The Hall–Kier alpha value is -2.91. The van der Waals surface area contributed by atoms with E-state index in [4.69, 9.17) is 11.6 Å². The van der Waals surface area contributed by atoms with Crippen LogP contribution in [-0.4, -0.2) is 10.9 Å². The zero-order valence-corrected chi connectivity index (χ0v) is 16.0. The Bertz CT molecular complexity index is 1070. The van der Waals surface area contributed by atoms with Crippen LogP contribution < -0.4 is 4.90 Å². The first-order chi connectivity index (χ1) is 13.0. The summed E-state index contributed by atoms with van der Waals surface area (Å²) in [7, 11) is 0. The molecule has 0 fully saturated rings. The second kappa shape index (κ2) is 7.01. The Balaban J connectivity index is 1.84. The van der Waals surface area contributed by atoms with Gasteiger partial charge in [-0.1, -0.05) is 42.0 Å². The molecule has 2 aromatic carbocycles. The highest BCUT2D eigenvalue weighted by Crippen LogP contribution is 2.32. The second-order valence-corrected chi connectivity index (χ2v) is 7.16. The fraction of sp³-hybridized carbons (Fsp3) is 0.130. The summed E-state index contributed by atoms with van der Waals surface area (Å²) < 4.78 is 0. The molecule has 1 aliphatic rings. The van der Waals surface area contributed by atoms with E-state index in [-0.39, 0.29) is 5.91 Å². The number of benzene rings is 2. The molecule has 1 aromatic heterocycles. The molecule has 0 aliphatic carbocycles. The van der Waals surface area contributed by atoms with Gasteiger partial charge in [0, 0.05) is 23.2 Å². The number of aromatic nitrogens is 1. The van der Waals surface area contributed by atoms with Gasteiger partial charge < -0.3 is 4.90 Å². The van der Waals surface area contributed by atoms with Crippen molar-refractivity contribution < 1.29 is 4.79 Å². The monoisotopic (exact) mass is 374 g/mol. The first kappa shape index (κ1) is 17.5. The number of carbonyl (C=O) groups excluding carboxylic acids is 1. The quantitative estimate of drug-likeness (QED) is 0.543. The Kier molecular flexibility index (Phi) is 4.54. The van der Waals surface area contributed by atoms with E-state index in [0.717, 1.165) is 39.3 Å². The van der Waals surface area contributed by atoms with E-state index in [1.165, 1.54) is 0 Å². The minimum absolute atomic E-state index is 0.00394. The molecule has 3 aromatic rings. The fourth-order valence-corrected chi connectivity index (χ4v) is 3.56. The van der Waals surface area contributed by atoms with Gasteiger partial charge in [-0.15, -0.1) is 0 Å². The van der Waals surface area contributed by atoms with Gasteiger partial charge in [-0.3, -0.25) is 9.78 Å². The summed E-state index contributed by atoms with van der Waals surface area (Å²) in [5.74, 6) is 0.00394. The van der Waals surface area contributed by atoms with E-state index >= 15 is 0 Å². The molecule has 1 amide bonds. The molecule has 1 aliphatic heterocycles. The lowest BCUT2D eigenvalue weighted by Gasteiger charge is -2.26.